The summed E-state index contributed by atoms with van der Waals surface area (Å²) in [7, 11) is 0. The summed E-state index contributed by atoms with van der Waals surface area (Å²) in [4.78, 5) is 22.6. The van der Waals surface area contributed by atoms with Crippen molar-refractivity contribution >= 4 is 27.3 Å². The van der Waals surface area contributed by atoms with E-state index in [9.17, 15) is 4.79 Å². The lowest BCUT2D eigenvalue weighted by atomic mass is 10.2. The molecule has 0 spiro atoms. The molecule has 3 heterocycles. The molecular formula is C22H25N3O2S. The van der Waals surface area contributed by atoms with Gasteiger partial charge in [-0.25, -0.2) is 0 Å². The van der Waals surface area contributed by atoms with Gasteiger partial charge in [0.1, 0.15) is 0 Å². The summed E-state index contributed by atoms with van der Waals surface area (Å²) in [6.45, 7) is 5.92. The van der Waals surface area contributed by atoms with Crippen molar-refractivity contribution in [3.63, 3.8) is 0 Å². The molecule has 5 nitrogen and oxygen atoms in total. The molecule has 1 aromatic carbocycles. The molecule has 28 heavy (non-hydrogen) atoms. The highest BCUT2D eigenvalue weighted by Gasteiger charge is 2.19. The Balaban J connectivity index is 1.46. The van der Waals surface area contributed by atoms with Crippen LogP contribution in [0.15, 0.2) is 54.9 Å². The normalized spacial score (nSPS) is 15.0. The van der Waals surface area contributed by atoms with E-state index in [2.05, 4.69) is 22.0 Å². The Hall–Kier alpha value is -2.28. The maximum absolute atomic E-state index is 13.3. The zero-order valence-electron chi connectivity index (χ0n) is 15.9. The Morgan fingerprint density at radius 1 is 1.14 bits per heavy atom. The Kier molecular flexibility index (Phi) is 6.31. The van der Waals surface area contributed by atoms with Gasteiger partial charge in [0, 0.05) is 49.8 Å². The molecule has 146 valence electrons. The summed E-state index contributed by atoms with van der Waals surface area (Å²) in [6.07, 6.45) is 4.53. The lowest BCUT2D eigenvalue weighted by molar-refractivity contribution is 0.0356. The summed E-state index contributed by atoms with van der Waals surface area (Å²) >= 11 is 1.58. The van der Waals surface area contributed by atoms with Gasteiger partial charge >= 0.3 is 0 Å². The third kappa shape index (κ3) is 4.76. The second kappa shape index (κ2) is 9.28. The molecule has 1 saturated heterocycles. The van der Waals surface area contributed by atoms with Gasteiger partial charge in [0.2, 0.25) is 0 Å². The number of rotatable bonds is 7. The van der Waals surface area contributed by atoms with Crippen LogP contribution in [0.3, 0.4) is 0 Å². The highest BCUT2D eigenvalue weighted by atomic mass is 32.1. The van der Waals surface area contributed by atoms with Gasteiger partial charge in [0.05, 0.1) is 18.1 Å². The van der Waals surface area contributed by atoms with Crippen LogP contribution in [0.25, 0.3) is 10.1 Å². The van der Waals surface area contributed by atoms with Crippen molar-refractivity contribution in [2.75, 3.05) is 39.4 Å². The minimum Gasteiger partial charge on any atom is -0.379 e. The van der Waals surface area contributed by atoms with Crippen molar-refractivity contribution in [3.8, 4) is 0 Å². The molecule has 1 aliphatic rings. The average molecular weight is 396 g/mol. The molecular weight excluding hydrogens is 370 g/mol. The first-order valence-electron chi connectivity index (χ1n) is 9.76. The van der Waals surface area contributed by atoms with E-state index in [1.54, 1.807) is 23.7 Å². The molecule has 0 bridgehead atoms. The van der Waals surface area contributed by atoms with Gasteiger partial charge in [-0.05, 0) is 41.6 Å². The Morgan fingerprint density at radius 2 is 1.93 bits per heavy atom. The molecule has 0 aliphatic carbocycles. The molecule has 1 aliphatic heterocycles. The fourth-order valence-corrected chi connectivity index (χ4v) is 4.54. The first kappa shape index (κ1) is 19.1. The quantitative estimate of drug-likeness (QED) is 0.612. The molecule has 0 N–H and O–H groups in total. The predicted octanol–water partition coefficient (Wildman–Crippen LogP) is 3.66. The van der Waals surface area contributed by atoms with E-state index >= 15 is 0 Å². The van der Waals surface area contributed by atoms with Gasteiger partial charge < -0.3 is 9.64 Å². The van der Waals surface area contributed by atoms with E-state index in [4.69, 9.17) is 4.74 Å². The van der Waals surface area contributed by atoms with E-state index < -0.39 is 0 Å². The first-order chi connectivity index (χ1) is 13.8. The fourth-order valence-electron chi connectivity index (χ4n) is 3.51. The summed E-state index contributed by atoms with van der Waals surface area (Å²) in [5, 5.41) is 1.13. The number of aromatic nitrogens is 1. The van der Waals surface area contributed by atoms with Crippen LogP contribution in [0.2, 0.25) is 0 Å². The lowest BCUT2D eigenvalue weighted by Gasteiger charge is -2.28. The number of morpholine rings is 1. The smallest absolute Gasteiger partial charge is 0.264 e. The summed E-state index contributed by atoms with van der Waals surface area (Å²) in [5.41, 5.74) is 1.11. The molecule has 4 rings (SSSR count). The lowest BCUT2D eigenvalue weighted by Crippen LogP contribution is -2.39. The number of hydrogen-bond donors (Lipinski definition) is 0. The van der Waals surface area contributed by atoms with E-state index in [1.165, 1.54) is 0 Å². The number of fused-ring (bicyclic) bond motifs is 1. The summed E-state index contributed by atoms with van der Waals surface area (Å²) < 4.78 is 6.58. The van der Waals surface area contributed by atoms with Crippen molar-refractivity contribution < 1.29 is 9.53 Å². The fraction of sp³-hybridized carbons (Fsp3) is 0.364. The number of carbonyl (C=O) groups is 1. The number of ether oxygens (including phenoxy) is 1. The van der Waals surface area contributed by atoms with Crippen LogP contribution in [0.1, 0.15) is 21.7 Å². The maximum atomic E-state index is 13.3. The Labute approximate surface area is 169 Å². The van der Waals surface area contributed by atoms with Gasteiger partial charge in [-0.15, -0.1) is 11.3 Å². The topological polar surface area (TPSA) is 45.7 Å². The maximum Gasteiger partial charge on any atom is 0.264 e. The minimum atomic E-state index is 0.111. The van der Waals surface area contributed by atoms with E-state index in [0.29, 0.717) is 6.54 Å². The zero-order valence-corrected chi connectivity index (χ0v) is 16.7. The molecule has 0 unspecified atom stereocenters. The van der Waals surface area contributed by atoms with E-state index in [1.807, 2.05) is 35.2 Å². The van der Waals surface area contributed by atoms with Crippen LogP contribution in [-0.2, 0) is 11.3 Å². The molecule has 0 saturated carbocycles. The molecule has 1 amide bonds. The van der Waals surface area contributed by atoms with Crippen LogP contribution in [0, 0.1) is 0 Å². The molecule has 0 radical (unpaired) electrons. The highest BCUT2D eigenvalue weighted by molar-refractivity contribution is 7.20. The van der Waals surface area contributed by atoms with E-state index in [-0.39, 0.29) is 5.91 Å². The number of hydrogen-bond acceptors (Lipinski definition) is 5. The minimum absolute atomic E-state index is 0.111. The van der Waals surface area contributed by atoms with Crippen LogP contribution in [0.4, 0.5) is 0 Å². The van der Waals surface area contributed by atoms with Gasteiger partial charge in [-0.3, -0.25) is 14.7 Å². The summed E-state index contributed by atoms with van der Waals surface area (Å²) in [5.74, 6) is 0.111. The third-order valence-electron chi connectivity index (χ3n) is 5.05. The molecule has 3 aromatic rings. The van der Waals surface area contributed by atoms with Crippen LogP contribution >= 0.6 is 11.3 Å². The van der Waals surface area contributed by atoms with Crippen molar-refractivity contribution in [1.29, 1.82) is 0 Å². The van der Waals surface area contributed by atoms with Gasteiger partial charge in [-0.2, -0.15) is 0 Å². The van der Waals surface area contributed by atoms with Crippen LogP contribution < -0.4 is 0 Å². The van der Waals surface area contributed by atoms with Gasteiger partial charge in [0.25, 0.3) is 5.91 Å². The monoisotopic (exact) mass is 395 g/mol. The zero-order chi connectivity index (χ0) is 19.2. The van der Waals surface area contributed by atoms with Crippen molar-refractivity contribution in [3.05, 3.63) is 65.3 Å². The SMILES string of the molecule is O=C(c1cc2ccccc2s1)N(CCCN1CCOCC1)Cc1ccncc1. The van der Waals surface area contributed by atoms with Gasteiger partial charge in [0.15, 0.2) is 0 Å². The Morgan fingerprint density at radius 3 is 2.71 bits per heavy atom. The van der Waals surface area contributed by atoms with Crippen molar-refractivity contribution in [1.82, 2.24) is 14.8 Å². The second-order valence-corrected chi connectivity index (χ2v) is 8.12. The van der Waals surface area contributed by atoms with Crippen LogP contribution in [0.5, 0.6) is 0 Å². The third-order valence-corrected chi connectivity index (χ3v) is 6.16. The number of amides is 1. The average Bonchev–Trinajstić information content (AvgIpc) is 3.18. The van der Waals surface area contributed by atoms with Gasteiger partial charge in [-0.1, -0.05) is 18.2 Å². The van der Waals surface area contributed by atoms with Crippen LogP contribution in [-0.4, -0.2) is 60.1 Å². The van der Waals surface area contributed by atoms with E-state index in [0.717, 1.165) is 66.3 Å². The number of nitrogens with zero attached hydrogens (tertiary/aromatic N) is 3. The number of carbonyl (C=O) groups excluding carboxylic acids is 1. The number of benzene rings is 1. The van der Waals surface area contributed by atoms with Crippen molar-refractivity contribution in [2.24, 2.45) is 0 Å². The molecule has 0 atom stereocenters. The highest BCUT2D eigenvalue weighted by Crippen LogP contribution is 2.26. The summed E-state index contributed by atoms with van der Waals surface area (Å²) in [6, 6.07) is 14.1. The second-order valence-electron chi connectivity index (χ2n) is 7.04. The molecule has 2 aromatic heterocycles. The van der Waals surface area contributed by atoms with Crippen molar-refractivity contribution in [2.45, 2.75) is 13.0 Å². The standard InChI is InChI=1S/C22H25N3O2S/c26-22(21-16-19-4-1-2-5-20(19)28-21)25(17-18-6-8-23-9-7-18)11-3-10-24-12-14-27-15-13-24/h1-2,4-9,16H,3,10-15,17H2. The predicted molar refractivity (Wildman–Crippen MR) is 113 cm³/mol. The Bertz CT molecular complexity index is 873. The number of pyridine rings is 1. The largest absolute Gasteiger partial charge is 0.379 e. The first-order valence-corrected chi connectivity index (χ1v) is 10.6. The molecule has 1 fully saturated rings. The molecule has 6 heteroatoms. The number of thiophene rings is 1.